The molecule has 0 rings (SSSR count). The Morgan fingerprint density at radius 1 is 1.78 bits per heavy atom. The molecule has 0 bridgehead atoms. The van der Waals surface area contributed by atoms with E-state index in [4.69, 9.17) is 21.4 Å². The van der Waals surface area contributed by atoms with E-state index >= 15 is 0 Å². The van der Waals surface area contributed by atoms with Gasteiger partial charge in [-0.15, -0.1) is 0 Å². The SMILES string of the molecule is CC(C#CCl)OCCO. The van der Waals surface area contributed by atoms with Crippen LogP contribution in [0, 0.1) is 11.3 Å². The predicted molar refractivity (Wildman–Crippen MR) is 36.1 cm³/mol. The normalized spacial score (nSPS) is 11.9. The van der Waals surface area contributed by atoms with Gasteiger partial charge in [0.05, 0.1) is 13.2 Å². The first-order valence-corrected chi connectivity index (χ1v) is 3.02. The number of ether oxygens (including phenoxy) is 1. The summed E-state index contributed by atoms with van der Waals surface area (Å²) in [4.78, 5) is 0. The highest BCUT2D eigenvalue weighted by molar-refractivity contribution is 6.30. The molecule has 0 amide bonds. The third-order valence-corrected chi connectivity index (χ3v) is 0.826. The third-order valence-electron chi connectivity index (χ3n) is 0.717. The summed E-state index contributed by atoms with van der Waals surface area (Å²) in [5.41, 5.74) is 0. The fraction of sp³-hybridized carbons (Fsp3) is 0.667. The lowest BCUT2D eigenvalue weighted by atomic mass is 10.4. The van der Waals surface area contributed by atoms with Gasteiger partial charge in [-0.05, 0) is 18.5 Å². The minimum absolute atomic E-state index is 0.0221. The summed E-state index contributed by atoms with van der Waals surface area (Å²) in [6, 6.07) is 0. The molecule has 0 aliphatic rings. The second kappa shape index (κ2) is 5.90. The van der Waals surface area contributed by atoms with Gasteiger partial charge in [0, 0.05) is 5.38 Å². The Morgan fingerprint density at radius 3 is 2.89 bits per heavy atom. The van der Waals surface area contributed by atoms with E-state index in [1.165, 1.54) is 0 Å². The number of halogens is 1. The summed E-state index contributed by atoms with van der Waals surface area (Å²) >= 11 is 5.07. The van der Waals surface area contributed by atoms with E-state index in [9.17, 15) is 0 Å². The van der Waals surface area contributed by atoms with Crippen molar-refractivity contribution in [2.75, 3.05) is 13.2 Å². The van der Waals surface area contributed by atoms with Gasteiger partial charge >= 0.3 is 0 Å². The molecule has 0 aliphatic heterocycles. The predicted octanol–water partition coefficient (Wildman–Crippen LogP) is 0.583. The lowest BCUT2D eigenvalue weighted by Crippen LogP contribution is -2.08. The minimum Gasteiger partial charge on any atom is -0.394 e. The summed E-state index contributed by atoms with van der Waals surface area (Å²) in [5.74, 6) is 2.56. The highest BCUT2D eigenvalue weighted by Gasteiger charge is 1.92. The monoisotopic (exact) mass is 148 g/mol. The van der Waals surface area contributed by atoms with E-state index in [1.807, 2.05) is 0 Å². The van der Waals surface area contributed by atoms with Crippen molar-refractivity contribution in [3.8, 4) is 11.3 Å². The first-order valence-electron chi connectivity index (χ1n) is 2.65. The maximum atomic E-state index is 8.28. The molecule has 1 N–H and O–H groups in total. The maximum absolute atomic E-state index is 8.28. The molecule has 3 heteroatoms. The van der Waals surface area contributed by atoms with Crippen LogP contribution in [0.25, 0.3) is 0 Å². The first-order chi connectivity index (χ1) is 4.31. The summed E-state index contributed by atoms with van der Waals surface area (Å²) in [5, 5.41) is 10.5. The van der Waals surface area contributed by atoms with Gasteiger partial charge in [-0.1, -0.05) is 5.92 Å². The van der Waals surface area contributed by atoms with E-state index in [0.717, 1.165) is 0 Å². The fourth-order valence-corrected chi connectivity index (χ4v) is 0.502. The average Bonchev–Trinajstić information content (AvgIpc) is 1.85. The molecule has 0 aromatic rings. The van der Waals surface area contributed by atoms with Crippen molar-refractivity contribution in [3.63, 3.8) is 0 Å². The third kappa shape index (κ3) is 5.64. The van der Waals surface area contributed by atoms with Crippen molar-refractivity contribution in [3.05, 3.63) is 0 Å². The largest absolute Gasteiger partial charge is 0.394 e. The molecule has 0 saturated heterocycles. The van der Waals surface area contributed by atoms with Crippen LogP contribution in [0.3, 0.4) is 0 Å². The highest BCUT2D eigenvalue weighted by Crippen LogP contribution is 1.86. The molecule has 0 aliphatic carbocycles. The molecular weight excluding hydrogens is 140 g/mol. The molecule has 1 atom stereocenters. The quantitative estimate of drug-likeness (QED) is 0.594. The Balaban J connectivity index is 3.23. The second-order valence-electron chi connectivity index (χ2n) is 1.48. The van der Waals surface area contributed by atoms with Crippen LogP contribution in [0.2, 0.25) is 0 Å². The lowest BCUT2D eigenvalue weighted by Gasteiger charge is -2.02. The Bertz CT molecular complexity index is 114. The Morgan fingerprint density at radius 2 is 2.44 bits per heavy atom. The fourth-order valence-electron chi connectivity index (χ4n) is 0.348. The van der Waals surface area contributed by atoms with Gasteiger partial charge in [0.1, 0.15) is 6.10 Å². The molecule has 0 saturated carbocycles. The second-order valence-corrected chi connectivity index (χ2v) is 1.66. The molecule has 0 radical (unpaired) electrons. The number of hydrogen-bond acceptors (Lipinski definition) is 2. The van der Waals surface area contributed by atoms with Crippen LogP contribution >= 0.6 is 11.6 Å². The smallest absolute Gasteiger partial charge is 0.116 e. The van der Waals surface area contributed by atoms with Gasteiger partial charge in [0.15, 0.2) is 0 Å². The van der Waals surface area contributed by atoms with Gasteiger partial charge in [-0.25, -0.2) is 0 Å². The van der Waals surface area contributed by atoms with Crippen LogP contribution in [0.5, 0.6) is 0 Å². The van der Waals surface area contributed by atoms with E-state index < -0.39 is 0 Å². The first kappa shape index (κ1) is 8.77. The van der Waals surface area contributed by atoms with Crippen molar-refractivity contribution < 1.29 is 9.84 Å². The van der Waals surface area contributed by atoms with Gasteiger partial charge < -0.3 is 9.84 Å². The van der Waals surface area contributed by atoms with Crippen molar-refractivity contribution in [2.24, 2.45) is 0 Å². The zero-order valence-electron chi connectivity index (χ0n) is 5.22. The molecule has 1 unspecified atom stereocenters. The summed E-state index contributed by atoms with van der Waals surface area (Å²) in [7, 11) is 0. The molecule has 9 heavy (non-hydrogen) atoms. The summed E-state index contributed by atoms with van der Waals surface area (Å²) in [6.45, 7) is 2.10. The Hall–Kier alpha value is -0.230. The van der Waals surface area contributed by atoms with Crippen LogP contribution in [-0.2, 0) is 4.74 Å². The highest BCUT2D eigenvalue weighted by atomic mass is 35.5. The Labute approximate surface area is 59.8 Å². The van der Waals surface area contributed by atoms with Crippen molar-refractivity contribution >= 4 is 11.6 Å². The van der Waals surface area contributed by atoms with Gasteiger partial charge in [-0.3, -0.25) is 0 Å². The van der Waals surface area contributed by atoms with Crippen molar-refractivity contribution in [1.29, 1.82) is 0 Å². The van der Waals surface area contributed by atoms with Crippen LogP contribution in [-0.4, -0.2) is 24.4 Å². The van der Waals surface area contributed by atoms with E-state index in [1.54, 1.807) is 6.92 Å². The maximum Gasteiger partial charge on any atom is 0.116 e. The molecule has 0 aromatic heterocycles. The standard InChI is InChI=1S/C6H9ClO2/c1-6(2-3-7)9-5-4-8/h6,8H,4-5H2,1H3. The summed E-state index contributed by atoms with van der Waals surface area (Å²) in [6.07, 6.45) is -0.186. The van der Waals surface area contributed by atoms with Gasteiger partial charge in [0.25, 0.3) is 0 Å². The molecule has 0 fully saturated rings. The molecule has 0 spiro atoms. The van der Waals surface area contributed by atoms with Crippen LogP contribution < -0.4 is 0 Å². The molecule has 52 valence electrons. The zero-order chi connectivity index (χ0) is 7.11. The van der Waals surface area contributed by atoms with E-state index in [2.05, 4.69) is 11.3 Å². The van der Waals surface area contributed by atoms with Crippen molar-refractivity contribution in [2.45, 2.75) is 13.0 Å². The lowest BCUT2D eigenvalue weighted by molar-refractivity contribution is 0.0688. The molecular formula is C6H9ClO2. The number of aliphatic hydroxyl groups is 1. The van der Waals surface area contributed by atoms with E-state index in [-0.39, 0.29) is 12.7 Å². The number of hydrogen-bond donors (Lipinski definition) is 1. The molecule has 0 heterocycles. The van der Waals surface area contributed by atoms with E-state index in [0.29, 0.717) is 6.61 Å². The average molecular weight is 149 g/mol. The van der Waals surface area contributed by atoms with Crippen LogP contribution in [0.1, 0.15) is 6.92 Å². The van der Waals surface area contributed by atoms with Gasteiger partial charge in [-0.2, -0.15) is 0 Å². The topological polar surface area (TPSA) is 29.5 Å². The molecule has 2 nitrogen and oxygen atoms in total. The van der Waals surface area contributed by atoms with Crippen LogP contribution in [0.4, 0.5) is 0 Å². The van der Waals surface area contributed by atoms with Crippen LogP contribution in [0.15, 0.2) is 0 Å². The van der Waals surface area contributed by atoms with Crippen molar-refractivity contribution in [1.82, 2.24) is 0 Å². The number of aliphatic hydroxyl groups excluding tert-OH is 1. The van der Waals surface area contributed by atoms with Gasteiger partial charge in [0.2, 0.25) is 0 Å². The minimum atomic E-state index is -0.186. The zero-order valence-corrected chi connectivity index (χ0v) is 5.98. The number of rotatable bonds is 3. The Kier molecular flexibility index (Phi) is 5.75. The molecule has 0 aromatic carbocycles. The summed E-state index contributed by atoms with van der Waals surface area (Å²) < 4.78 is 4.92.